The lowest BCUT2D eigenvalue weighted by molar-refractivity contribution is -0.857. The Morgan fingerprint density at radius 3 is 2.40 bits per heavy atom. The van der Waals surface area contributed by atoms with Gasteiger partial charge in [0.05, 0.1) is 39.3 Å². The van der Waals surface area contributed by atoms with Crippen LogP contribution in [0, 0.1) is 6.92 Å². The topological polar surface area (TPSA) is 87.2 Å². The molecule has 3 rings (SSSR count). The number of hydrogen-bond donors (Lipinski definition) is 1. The second-order valence-electron chi connectivity index (χ2n) is 8.08. The highest BCUT2D eigenvalue weighted by Crippen LogP contribution is 2.38. The number of nitrogens with zero attached hydrogens (tertiary/aromatic N) is 1. The number of hydrogen-bond acceptors (Lipinski definition) is 5. The third-order valence-corrected chi connectivity index (χ3v) is 4.91. The van der Waals surface area contributed by atoms with Crippen molar-refractivity contribution in [2.24, 2.45) is 0 Å². The number of ketones is 1. The minimum Gasteiger partial charge on any atom is -0.868 e. The standard InChI is InChI=1S/C23H28N2O5/c1-14(2)29-17-9-7-16(8-10-17)20-19(21(26)18-11-6-15(3)30-18)22(27)23(28)25(20)13-12-24(4)5/h6-11,14,20,27H,12-13H2,1-5H3. The molecule has 1 unspecified atom stereocenters. The molecular formula is C23H28N2O5. The normalized spacial score (nSPS) is 16.8. The largest absolute Gasteiger partial charge is 0.868 e. The Kier molecular flexibility index (Phi) is 6.31. The van der Waals surface area contributed by atoms with E-state index in [1.54, 1.807) is 37.3 Å². The first-order valence-corrected chi connectivity index (χ1v) is 10.1. The van der Waals surface area contributed by atoms with E-state index < -0.39 is 23.5 Å². The number of aryl methyl sites for hydroxylation is 1. The molecule has 1 amide bonds. The number of benzene rings is 1. The van der Waals surface area contributed by atoms with Crippen molar-refractivity contribution in [2.75, 3.05) is 27.2 Å². The van der Waals surface area contributed by atoms with Crippen molar-refractivity contribution in [1.29, 1.82) is 0 Å². The average Bonchev–Trinajstić information content (AvgIpc) is 3.22. The second-order valence-corrected chi connectivity index (χ2v) is 8.08. The molecule has 160 valence electrons. The molecule has 1 aliphatic rings. The first-order valence-electron chi connectivity index (χ1n) is 10.1. The lowest BCUT2D eigenvalue weighted by Crippen LogP contribution is -3.06. The van der Waals surface area contributed by atoms with Gasteiger partial charge in [-0.05, 0) is 56.4 Å². The molecule has 2 heterocycles. The zero-order valence-electron chi connectivity index (χ0n) is 18.0. The smallest absolute Gasteiger partial charge is 0.240 e. The first kappa shape index (κ1) is 21.6. The minimum absolute atomic E-state index is 0.0240. The van der Waals surface area contributed by atoms with Gasteiger partial charge >= 0.3 is 0 Å². The van der Waals surface area contributed by atoms with Gasteiger partial charge in [-0.3, -0.25) is 9.59 Å². The van der Waals surface area contributed by atoms with Crippen LogP contribution in [0.1, 0.15) is 41.8 Å². The number of carbonyl (C=O) groups is 2. The van der Waals surface area contributed by atoms with Crippen LogP contribution in [0.2, 0.25) is 0 Å². The molecule has 0 radical (unpaired) electrons. The van der Waals surface area contributed by atoms with Gasteiger partial charge in [-0.25, -0.2) is 0 Å². The van der Waals surface area contributed by atoms with Gasteiger partial charge in [0.25, 0.3) is 0 Å². The maximum atomic E-state index is 13.1. The molecule has 1 aliphatic heterocycles. The van der Waals surface area contributed by atoms with Gasteiger partial charge in [-0.15, -0.1) is 0 Å². The SMILES string of the molecule is Cc1ccc(C(=O)C2=C([O-])C(=O)N(CC[NH+](C)C)C2c2ccc(OC(C)C)cc2)o1. The summed E-state index contributed by atoms with van der Waals surface area (Å²) in [6, 6.07) is 9.61. The summed E-state index contributed by atoms with van der Waals surface area (Å²) in [4.78, 5) is 28.6. The van der Waals surface area contributed by atoms with E-state index in [2.05, 4.69) is 0 Å². The number of amides is 1. The van der Waals surface area contributed by atoms with E-state index in [1.807, 2.05) is 27.9 Å². The highest BCUT2D eigenvalue weighted by atomic mass is 16.5. The summed E-state index contributed by atoms with van der Waals surface area (Å²) in [7, 11) is 3.94. The molecule has 0 aliphatic carbocycles. The van der Waals surface area contributed by atoms with Crippen molar-refractivity contribution in [2.45, 2.75) is 32.9 Å². The number of furan rings is 1. The minimum atomic E-state index is -0.768. The van der Waals surface area contributed by atoms with E-state index in [1.165, 1.54) is 11.0 Å². The Morgan fingerprint density at radius 1 is 1.20 bits per heavy atom. The van der Waals surface area contributed by atoms with Crippen LogP contribution in [0.25, 0.3) is 0 Å². The van der Waals surface area contributed by atoms with Crippen molar-refractivity contribution in [3.8, 4) is 5.75 Å². The van der Waals surface area contributed by atoms with E-state index in [0.29, 0.717) is 30.2 Å². The fourth-order valence-electron chi connectivity index (χ4n) is 3.48. The van der Waals surface area contributed by atoms with Gasteiger partial charge in [-0.1, -0.05) is 12.1 Å². The first-order chi connectivity index (χ1) is 14.2. The quantitative estimate of drug-likeness (QED) is 0.651. The molecule has 1 aromatic heterocycles. The summed E-state index contributed by atoms with van der Waals surface area (Å²) in [5.41, 5.74) is 0.617. The third-order valence-electron chi connectivity index (χ3n) is 4.91. The van der Waals surface area contributed by atoms with E-state index in [4.69, 9.17) is 9.15 Å². The van der Waals surface area contributed by atoms with Crippen LogP contribution in [-0.4, -0.2) is 49.9 Å². The van der Waals surface area contributed by atoms with Crippen LogP contribution < -0.4 is 14.7 Å². The fraction of sp³-hybridized carbons (Fsp3) is 0.391. The van der Waals surface area contributed by atoms with E-state index >= 15 is 0 Å². The Hall–Kier alpha value is -3.06. The predicted molar refractivity (Wildman–Crippen MR) is 109 cm³/mol. The highest BCUT2D eigenvalue weighted by Gasteiger charge is 2.40. The summed E-state index contributed by atoms with van der Waals surface area (Å²) in [6.07, 6.45) is 0.0240. The lowest BCUT2D eigenvalue weighted by atomic mass is 9.95. The molecule has 0 spiro atoms. The van der Waals surface area contributed by atoms with Crippen LogP contribution in [0.4, 0.5) is 0 Å². The monoisotopic (exact) mass is 412 g/mol. The Labute approximate surface area is 176 Å². The molecule has 1 N–H and O–H groups in total. The number of quaternary nitrogens is 1. The van der Waals surface area contributed by atoms with E-state index in [0.717, 1.165) is 4.90 Å². The second kappa shape index (κ2) is 8.75. The Bertz CT molecular complexity index is 956. The summed E-state index contributed by atoms with van der Waals surface area (Å²) >= 11 is 0. The Balaban J connectivity index is 2.01. The maximum Gasteiger partial charge on any atom is 0.240 e. The van der Waals surface area contributed by atoms with Crippen molar-refractivity contribution in [3.63, 3.8) is 0 Å². The molecule has 0 bridgehead atoms. The Morgan fingerprint density at radius 2 is 1.87 bits per heavy atom. The number of nitrogens with one attached hydrogen (secondary N) is 1. The number of ether oxygens (including phenoxy) is 1. The van der Waals surface area contributed by atoms with Gasteiger partial charge in [0.1, 0.15) is 11.5 Å². The molecular weight excluding hydrogens is 384 g/mol. The van der Waals surface area contributed by atoms with Crippen LogP contribution in [0.3, 0.4) is 0 Å². The molecule has 7 heteroatoms. The third kappa shape index (κ3) is 4.41. The summed E-state index contributed by atoms with van der Waals surface area (Å²) < 4.78 is 11.1. The molecule has 0 saturated heterocycles. The summed E-state index contributed by atoms with van der Waals surface area (Å²) in [6.45, 7) is 6.59. The summed E-state index contributed by atoms with van der Waals surface area (Å²) in [5, 5.41) is 12.9. The predicted octanol–water partition coefficient (Wildman–Crippen LogP) is 0.900. The zero-order chi connectivity index (χ0) is 22.0. The number of Topliss-reactive ketones (excluding diaryl/α,β-unsaturated/α-hetero) is 1. The molecule has 0 saturated carbocycles. The number of carbonyl (C=O) groups excluding carboxylic acids is 2. The molecule has 1 aromatic carbocycles. The fourth-order valence-corrected chi connectivity index (χ4v) is 3.48. The maximum absolute atomic E-state index is 13.1. The van der Waals surface area contributed by atoms with Gasteiger partial charge in [-0.2, -0.15) is 0 Å². The zero-order valence-corrected chi connectivity index (χ0v) is 18.0. The van der Waals surface area contributed by atoms with Crippen LogP contribution in [0.5, 0.6) is 5.75 Å². The van der Waals surface area contributed by atoms with Crippen molar-refractivity contribution >= 4 is 11.7 Å². The van der Waals surface area contributed by atoms with Gasteiger partial charge in [0.15, 0.2) is 5.76 Å². The van der Waals surface area contributed by atoms with E-state index in [9.17, 15) is 14.7 Å². The van der Waals surface area contributed by atoms with E-state index in [-0.39, 0.29) is 17.4 Å². The van der Waals surface area contributed by atoms with Crippen LogP contribution in [0.15, 0.2) is 52.1 Å². The number of rotatable bonds is 8. The van der Waals surface area contributed by atoms with Crippen molar-refractivity contribution in [1.82, 2.24) is 4.90 Å². The molecule has 0 fully saturated rings. The van der Waals surface area contributed by atoms with Crippen molar-refractivity contribution in [3.05, 3.63) is 64.8 Å². The van der Waals surface area contributed by atoms with Crippen molar-refractivity contribution < 1.29 is 28.7 Å². The average molecular weight is 412 g/mol. The lowest BCUT2D eigenvalue weighted by Gasteiger charge is -2.28. The molecule has 2 aromatic rings. The number of likely N-dealkylation sites (N-methyl/N-ethyl adjacent to an activating group) is 1. The summed E-state index contributed by atoms with van der Waals surface area (Å²) in [5.74, 6) is -0.661. The van der Waals surface area contributed by atoms with Crippen LogP contribution >= 0.6 is 0 Å². The van der Waals surface area contributed by atoms with Crippen LogP contribution in [-0.2, 0) is 4.79 Å². The van der Waals surface area contributed by atoms with Gasteiger partial charge in [0, 0.05) is 5.57 Å². The van der Waals surface area contributed by atoms with Gasteiger partial charge < -0.3 is 24.1 Å². The van der Waals surface area contributed by atoms with Gasteiger partial charge in [0.2, 0.25) is 11.7 Å². The highest BCUT2D eigenvalue weighted by molar-refractivity contribution is 6.14. The molecule has 30 heavy (non-hydrogen) atoms. The molecule has 1 atom stereocenters. The molecule has 7 nitrogen and oxygen atoms in total.